The molecule has 2 aliphatic heterocycles. The minimum absolute atomic E-state index is 0.174. The Labute approximate surface area is 152 Å². The molecule has 0 aliphatic carbocycles. The molecule has 0 unspecified atom stereocenters. The van der Waals surface area contributed by atoms with Crippen molar-refractivity contribution in [1.82, 2.24) is 4.90 Å². The van der Waals surface area contributed by atoms with Gasteiger partial charge >= 0.3 is 6.09 Å². The number of anilines is 1. The smallest absolute Gasteiger partial charge is 0.410 e. The van der Waals surface area contributed by atoms with Gasteiger partial charge in [0.25, 0.3) is 0 Å². The third kappa shape index (κ3) is 4.28. The highest BCUT2D eigenvalue weighted by molar-refractivity contribution is 5.68. The summed E-state index contributed by atoms with van der Waals surface area (Å²) < 4.78 is 5.50. The lowest BCUT2D eigenvalue weighted by atomic mass is 9.85. The van der Waals surface area contributed by atoms with E-state index in [1.165, 1.54) is 23.2 Å². The number of hydrogen-bond donors (Lipinski definition) is 0. The first-order chi connectivity index (χ1) is 11.7. The van der Waals surface area contributed by atoms with E-state index in [2.05, 4.69) is 37.1 Å². The van der Waals surface area contributed by atoms with Crippen LogP contribution >= 0.6 is 0 Å². The highest BCUT2D eigenvalue weighted by Crippen LogP contribution is 2.34. The second-order valence-corrected chi connectivity index (χ2v) is 8.82. The number of likely N-dealkylation sites (tertiary alicyclic amines) is 1. The van der Waals surface area contributed by atoms with Crippen molar-refractivity contribution in [2.75, 3.05) is 31.6 Å². The summed E-state index contributed by atoms with van der Waals surface area (Å²) in [5.74, 6) is 1.26. The van der Waals surface area contributed by atoms with E-state index in [-0.39, 0.29) is 6.09 Å². The molecule has 1 fully saturated rings. The zero-order valence-corrected chi connectivity index (χ0v) is 16.3. The molecule has 4 nitrogen and oxygen atoms in total. The highest BCUT2D eigenvalue weighted by atomic mass is 16.6. The van der Waals surface area contributed by atoms with Gasteiger partial charge in [0.05, 0.1) is 0 Å². The zero-order valence-electron chi connectivity index (χ0n) is 16.3. The third-order valence-corrected chi connectivity index (χ3v) is 5.29. The molecule has 1 amide bonds. The molecule has 4 heteroatoms. The fourth-order valence-corrected chi connectivity index (χ4v) is 4.12. The number of piperidine rings is 1. The average Bonchev–Trinajstić information content (AvgIpc) is 2.52. The minimum Gasteiger partial charge on any atom is -0.444 e. The monoisotopic (exact) mass is 344 g/mol. The Morgan fingerprint density at radius 2 is 1.88 bits per heavy atom. The fraction of sp³-hybridized carbons (Fsp3) is 0.667. The summed E-state index contributed by atoms with van der Waals surface area (Å²) in [4.78, 5) is 16.4. The molecular formula is C21H32N2O2. The summed E-state index contributed by atoms with van der Waals surface area (Å²) in [6, 6.07) is 6.99. The lowest BCUT2D eigenvalue weighted by Crippen LogP contribution is -2.41. The van der Waals surface area contributed by atoms with E-state index in [0.29, 0.717) is 11.8 Å². The van der Waals surface area contributed by atoms with Gasteiger partial charge in [-0.05, 0) is 69.1 Å². The Hall–Kier alpha value is -1.71. The van der Waals surface area contributed by atoms with E-state index >= 15 is 0 Å². The molecule has 1 atom stereocenters. The van der Waals surface area contributed by atoms with Gasteiger partial charge in [-0.2, -0.15) is 0 Å². The number of carbonyl (C=O) groups is 1. The quantitative estimate of drug-likeness (QED) is 0.755. The maximum absolute atomic E-state index is 12.2. The number of hydrogen-bond acceptors (Lipinski definition) is 3. The van der Waals surface area contributed by atoms with Crippen molar-refractivity contribution in [3.05, 3.63) is 29.3 Å². The van der Waals surface area contributed by atoms with Gasteiger partial charge < -0.3 is 14.5 Å². The largest absolute Gasteiger partial charge is 0.444 e. The number of fused-ring (bicyclic) bond motifs is 1. The normalized spacial score (nSPS) is 21.9. The van der Waals surface area contributed by atoms with Crippen molar-refractivity contribution < 1.29 is 9.53 Å². The Balaban J connectivity index is 1.64. The van der Waals surface area contributed by atoms with Gasteiger partial charge in [0, 0.05) is 32.4 Å². The Morgan fingerprint density at radius 3 is 2.52 bits per heavy atom. The number of ether oxygens (including phenoxy) is 1. The molecule has 25 heavy (non-hydrogen) atoms. The maximum Gasteiger partial charge on any atom is 0.410 e. The predicted octanol–water partition coefficient (Wildman–Crippen LogP) is 4.43. The van der Waals surface area contributed by atoms with Gasteiger partial charge in [0.1, 0.15) is 5.60 Å². The van der Waals surface area contributed by atoms with E-state index in [1.54, 1.807) is 0 Å². The zero-order chi connectivity index (χ0) is 18.2. The molecule has 0 radical (unpaired) electrons. The van der Waals surface area contributed by atoms with E-state index in [0.717, 1.165) is 32.5 Å². The summed E-state index contributed by atoms with van der Waals surface area (Å²) in [6.07, 6.45) is 3.03. The highest BCUT2D eigenvalue weighted by Gasteiger charge is 2.28. The van der Waals surface area contributed by atoms with Gasteiger partial charge in [-0.25, -0.2) is 4.79 Å². The van der Waals surface area contributed by atoms with Crippen molar-refractivity contribution in [1.29, 1.82) is 0 Å². The van der Waals surface area contributed by atoms with Gasteiger partial charge in [0.2, 0.25) is 0 Å². The van der Waals surface area contributed by atoms with Crippen LogP contribution in [0.3, 0.4) is 0 Å². The van der Waals surface area contributed by atoms with Crippen LogP contribution in [0.5, 0.6) is 0 Å². The summed E-state index contributed by atoms with van der Waals surface area (Å²) in [6.45, 7) is 10.8. The predicted molar refractivity (Wildman–Crippen MR) is 102 cm³/mol. The number of benzene rings is 1. The first kappa shape index (κ1) is 18.1. The van der Waals surface area contributed by atoms with E-state index in [9.17, 15) is 4.79 Å². The average molecular weight is 344 g/mol. The van der Waals surface area contributed by atoms with Gasteiger partial charge in [-0.1, -0.05) is 19.1 Å². The molecular weight excluding hydrogens is 312 g/mol. The van der Waals surface area contributed by atoms with Crippen molar-refractivity contribution in [2.45, 2.75) is 58.5 Å². The van der Waals surface area contributed by atoms with Crippen molar-refractivity contribution in [2.24, 2.45) is 5.92 Å². The Kier molecular flexibility index (Phi) is 4.99. The second kappa shape index (κ2) is 6.89. The summed E-state index contributed by atoms with van der Waals surface area (Å²) >= 11 is 0. The number of nitrogens with zero attached hydrogens (tertiary/aromatic N) is 2. The summed E-state index contributed by atoms with van der Waals surface area (Å²) in [5, 5.41) is 0. The van der Waals surface area contributed by atoms with Crippen LogP contribution in [0, 0.1) is 5.92 Å². The minimum atomic E-state index is -0.421. The molecule has 0 aromatic heterocycles. The van der Waals surface area contributed by atoms with E-state index in [1.807, 2.05) is 25.7 Å². The molecule has 1 saturated heterocycles. The molecule has 0 bridgehead atoms. The van der Waals surface area contributed by atoms with Crippen LogP contribution < -0.4 is 4.90 Å². The number of carbonyl (C=O) groups excluding carboxylic acids is 1. The van der Waals surface area contributed by atoms with E-state index < -0.39 is 5.60 Å². The molecule has 0 N–H and O–H groups in total. The van der Waals surface area contributed by atoms with Crippen molar-refractivity contribution >= 4 is 11.8 Å². The topological polar surface area (TPSA) is 32.8 Å². The molecule has 2 aliphatic rings. The lowest BCUT2D eigenvalue weighted by Gasteiger charge is -2.35. The second-order valence-electron chi connectivity index (χ2n) is 8.82. The van der Waals surface area contributed by atoms with Crippen LogP contribution in [0.15, 0.2) is 18.2 Å². The van der Waals surface area contributed by atoms with Crippen LogP contribution in [0.4, 0.5) is 10.5 Å². The molecule has 1 aromatic rings. The molecule has 1 aromatic carbocycles. The number of rotatable bonds is 1. The van der Waals surface area contributed by atoms with Crippen molar-refractivity contribution in [3.63, 3.8) is 0 Å². The van der Waals surface area contributed by atoms with Crippen LogP contribution in [-0.2, 0) is 11.2 Å². The van der Waals surface area contributed by atoms with Crippen molar-refractivity contribution in [3.8, 4) is 0 Å². The summed E-state index contributed by atoms with van der Waals surface area (Å²) in [7, 11) is 2.19. The third-order valence-electron chi connectivity index (χ3n) is 5.29. The molecule has 3 rings (SSSR count). The Bertz CT molecular complexity index is 627. The van der Waals surface area contributed by atoms with E-state index in [4.69, 9.17) is 4.74 Å². The molecule has 138 valence electrons. The maximum atomic E-state index is 12.2. The number of amides is 1. The molecule has 0 spiro atoms. The van der Waals surface area contributed by atoms with Crippen LogP contribution in [0.25, 0.3) is 0 Å². The van der Waals surface area contributed by atoms with Crippen LogP contribution in [0.1, 0.15) is 57.6 Å². The van der Waals surface area contributed by atoms with Crippen LogP contribution in [-0.4, -0.2) is 43.3 Å². The Morgan fingerprint density at radius 1 is 1.20 bits per heavy atom. The first-order valence-corrected chi connectivity index (χ1v) is 9.55. The molecule has 0 saturated carbocycles. The van der Waals surface area contributed by atoms with Gasteiger partial charge in [0.15, 0.2) is 0 Å². The van der Waals surface area contributed by atoms with Crippen LogP contribution in [0.2, 0.25) is 0 Å². The van der Waals surface area contributed by atoms with Gasteiger partial charge in [-0.15, -0.1) is 0 Å². The fourth-order valence-electron chi connectivity index (χ4n) is 4.12. The molecule has 2 heterocycles. The summed E-state index contributed by atoms with van der Waals surface area (Å²) in [5.41, 5.74) is 3.88. The lowest BCUT2D eigenvalue weighted by molar-refractivity contribution is 0.0205. The standard InChI is InChI=1S/C21H32N2O2/c1-15-12-18-13-17(6-7-19(18)22(5)14-15)16-8-10-23(11-9-16)20(24)25-21(2,3)4/h6-7,13,15-16H,8-12,14H2,1-5H3/t15-/m1/s1. The first-order valence-electron chi connectivity index (χ1n) is 9.55. The SMILES string of the molecule is C[C@@H]1Cc2cc(C3CCN(C(=O)OC(C)(C)C)CC3)ccc2N(C)C1. The van der Waals surface area contributed by atoms with Gasteiger partial charge in [-0.3, -0.25) is 0 Å².